The monoisotopic (exact) mass is 331 g/mol. The minimum absolute atomic E-state index is 0.0314. The summed E-state index contributed by atoms with van der Waals surface area (Å²) in [6.45, 7) is 3.58. The molecule has 0 aromatic heterocycles. The SMILES string of the molecule is CCCCC(=O)N1CCC(NC(=O)c2ccc(N(C)C)cc2)CC1. The van der Waals surface area contributed by atoms with Crippen molar-refractivity contribution in [1.29, 1.82) is 0 Å². The maximum atomic E-state index is 12.3. The first-order chi connectivity index (χ1) is 11.5. The second-order valence-corrected chi connectivity index (χ2v) is 6.67. The van der Waals surface area contributed by atoms with Gasteiger partial charge in [0, 0.05) is 50.9 Å². The van der Waals surface area contributed by atoms with Crippen molar-refractivity contribution >= 4 is 17.5 Å². The van der Waals surface area contributed by atoms with Gasteiger partial charge in [-0.1, -0.05) is 13.3 Å². The van der Waals surface area contributed by atoms with Crippen molar-refractivity contribution in [2.75, 3.05) is 32.1 Å². The lowest BCUT2D eigenvalue weighted by Crippen LogP contribution is -2.46. The van der Waals surface area contributed by atoms with Crippen LogP contribution in [-0.2, 0) is 4.79 Å². The number of amides is 2. The molecule has 0 radical (unpaired) electrons. The number of unbranched alkanes of at least 4 members (excludes halogenated alkanes) is 1. The van der Waals surface area contributed by atoms with E-state index >= 15 is 0 Å². The van der Waals surface area contributed by atoms with Gasteiger partial charge in [-0.15, -0.1) is 0 Å². The molecule has 0 spiro atoms. The number of piperidine rings is 1. The van der Waals surface area contributed by atoms with Gasteiger partial charge in [0.25, 0.3) is 5.91 Å². The van der Waals surface area contributed by atoms with Crippen molar-refractivity contribution in [3.63, 3.8) is 0 Å². The largest absolute Gasteiger partial charge is 0.378 e. The molecule has 0 saturated carbocycles. The molecule has 1 aliphatic heterocycles. The highest BCUT2D eigenvalue weighted by Gasteiger charge is 2.23. The summed E-state index contributed by atoms with van der Waals surface area (Å²) >= 11 is 0. The molecular formula is C19H29N3O2. The van der Waals surface area contributed by atoms with Crippen LogP contribution in [0.1, 0.15) is 49.4 Å². The van der Waals surface area contributed by atoms with Gasteiger partial charge in [-0.3, -0.25) is 9.59 Å². The van der Waals surface area contributed by atoms with Crippen molar-refractivity contribution in [2.24, 2.45) is 0 Å². The Morgan fingerprint density at radius 1 is 1.17 bits per heavy atom. The summed E-state index contributed by atoms with van der Waals surface area (Å²) in [6.07, 6.45) is 4.31. The lowest BCUT2D eigenvalue weighted by Gasteiger charge is -2.32. The fourth-order valence-electron chi connectivity index (χ4n) is 2.94. The van der Waals surface area contributed by atoms with Gasteiger partial charge in [0.05, 0.1) is 0 Å². The first-order valence-electron chi connectivity index (χ1n) is 8.87. The lowest BCUT2D eigenvalue weighted by atomic mass is 10.0. The standard InChI is InChI=1S/C19H29N3O2/c1-4-5-6-18(23)22-13-11-16(12-14-22)20-19(24)15-7-9-17(10-8-15)21(2)3/h7-10,16H,4-6,11-14H2,1-3H3,(H,20,24). The molecule has 0 bridgehead atoms. The fraction of sp³-hybridized carbons (Fsp3) is 0.579. The second kappa shape index (κ2) is 8.71. The minimum atomic E-state index is -0.0314. The zero-order valence-corrected chi connectivity index (χ0v) is 15.0. The van der Waals surface area contributed by atoms with E-state index in [1.54, 1.807) is 0 Å². The third-order valence-electron chi connectivity index (χ3n) is 4.57. The van der Waals surface area contributed by atoms with E-state index < -0.39 is 0 Å². The van der Waals surface area contributed by atoms with Crippen LogP contribution in [0.5, 0.6) is 0 Å². The van der Waals surface area contributed by atoms with Crippen LogP contribution in [-0.4, -0.2) is 49.9 Å². The Bertz CT molecular complexity index is 546. The fourth-order valence-corrected chi connectivity index (χ4v) is 2.94. The average molecular weight is 331 g/mol. The number of carbonyl (C=O) groups is 2. The zero-order valence-electron chi connectivity index (χ0n) is 15.0. The third kappa shape index (κ3) is 4.98. The predicted molar refractivity (Wildman–Crippen MR) is 97.4 cm³/mol. The third-order valence-corrected chi connectivity index (χ3v) is 4.57. The Labute approximate surface area is 145 Å². The first-order valence-corrected chi connectivity index (χ1v) is 8.87. The smallest absolute Gasteiger partial charge is 0.251 e. The molecule has 1 aliphatic rings. The van der Waals surface area contributed by atoms with Crippen LogP contribution < -0.4 is 10.2 Å². The molecule has 0 unspecified atom stereocenters. The summed E-state index contributed by atoms with van der Waals surface area (Å²) in [4.78, 5) is 28.3. The number of hydrogen-bond acceptors (Lipinski definition) is 3. The molecule has 1 heterocycles. The van der Waals surface area contributed by atoms with Gasteiger partial charge in [0.15, 0.2) is 0 Å². The Morgan fingerprint density at radius 2 is 1.79 bits per heavy atom. The van der Waals surface area contributed by atoms with Gasteiger partial charge in [0.2, 0.25) is 5.91 Å². The molecule has 2 amide bonds. The van der Waals surface area contributed by atoms with Crippen molar-refractivity contribution in [3.05, 3.63) is 29.8 Å². The van der Waals surface area contributed by atoms with E-state index in [2.05, 4.69) is 12.2 Å². The number of rotatable bonds is 6. The number of carbonyl (C=O) groups excluding carboxylic acids is 2. The maximum absolute atomic E-state index is 12.3. The van der Waals surface area contributed by atoms with Crippen LogP contribution in [0.3, 0.4) is 0 Å². The molecule has 1 aromatic carbocycles. The van der Waals surface area contributed by atoms with Gasteiger partial charge < -0.3 is 15.1 Å². The minimum Gasteiger partial charge on any atom is -0.378 e. The van der Waals surface area contributed by atoms with Gasteiger partial charge >= 0.3 is 0 Å². The number of hydrogen-bond donors (Lipinski definition) is 1. The second-order valence-electron chi connectivity index (χ2n) is 6.67. The normalized spacial score (nSPS) is 15.2. The number of anilines is 1. The molecule has 1 N–H and O–H groups in total. The highest BCUT2D eigenvalue weighted by molar-refractivity contribution is 5.94. The van der Waals surface area contributed by atoms with Crippen LogP contribution in [0.25, 0.3) is 0 Å². The predicted octanol–water partition coefficient (Wildman–Crippen LogP) is 2.66. The Balaban J connectivity index is 1.80. The van der Waals surface area contributed by atoms with E-state index in [1.165, 1.54) is 0 Å². The van der Waals surface area contributed by atoms with E-state index in [4.69, 9.17) is 0 Å². The average Bonchev–Trinajstić information content (AvgIpc) is 2.60. The summed E-state index contributed by atoms with van der Waals surface area (Å²) in [5, 5.41) is 3.10. The summed E-state index contributed by atoms with van der Waals surface area (Å²) in [5.41, 5.74) is 1.76. The number of nitrogens with zero attached hydrogens (tertiary/aromatic N) is 2. The van der Waals surface area contributed by atoms with Gasteiger partial charge in [0.1, 0.15) is 0 Å². The van der Waals surface area contributed by atoms with Crippen LogP contribution in [0, 0.1) is 0 Å². The van der Waals surface area contributed by atoms with Crippen LogP contribution in [0.15, 0.2) is 24.3 Å². The molecule has 132 valence electrons. The Kier molecular flexibility index (Phi) is 6.64. The zero-order chi connectivity index (χ0) is 17.5. The molecule has 2 rings (SSSR count). The molecule has 24 heavy (non-hydrogen) atoms. The van der Waals surface area contributed by atoms with Crippen molar-refractivity contribution < 1.29 is 9.59 Å². The summed E-state index contributed by atoms with van der Waals surface area (Å²) < 4.78 is 0. The van der Waals surface area contributed by atoms with Crippen molar-refractivity contribution in [2.45, 2.75) is 45.1 Å². The molecule has 0 aliphatic carbocycles. The van der Waals surface area contributed by atoms with Crippen molar-refractivity contribution in [1.82, 2.24) is 10.2 Å². The molecular weight excluding hydrogens is 302 g/mol. The number of nitrogens with one attached hydrogen (secondary N) is 1. The summed E-state index contributed by atoms with van der Waals surface area (Å²) in [7, 11) is 3.95. The highest BCUT2D eigenvalue weighted by atomic mass is 16.2. The molecule has 1 saturated heterocycles. The van der Waals surface area contributed by atoms with Crippen LogP contribution in [0.4, 0.5) is 5.69 Å². The number of benzene rings is 1. The Hall–Kier alpha value is -2.04. The van der Waals surface area contributed by atoms with Crippen LogP contribution >= 0.6 is 0 Å². The van der Waals surface area contributed by atoms with Gasteiger partial charge in [-0.05, 0) is 43.5 Å². The maximum Gasteiger partial charge on any atom is 0.251 e. The summed E-state index contributed by atoms with van der Waals surface area (Å²) in [6, 6.07) is 7.76. The van der Waals surface area contributed by atoms with E-state index in [9.17, 15) is 9.59 Å². The first kappa shape index (κ1) is 18.3. The lowest BCUT2D eigenvalue weighted by molar-refractivity contribution is -0.132. The molecule has 5 heteroatoms. The van der Waals surface area contributed by atoms with Crippen molar-refractivity contribution in [3.8, 4) is 0 Å². The van der Waals surface area contributed by atoms with Gasteiger partial charge in [-0.25, -0.2) is 0 Å². The number of likely N-dealkylation sites (tertiary alicyclic amines) is 1. The van der Waals surface area contributed by atoms with E-state index in [0.717, 1.165) is 44.5 Å². The molecule has 5 nitrogen and oxygen atoms in total. The topological polar surface area (TPSA) is 52.7 Å². The molecule has 1 fully saturated rings. The quantitative estimate of drug-likeness (QED) is 0.872. The van der Waals surface area contributed by atoms with Gasteiger partial charge in [-0.2, -0.15) is 0 Å². The Morgan fingerprint density at radius 3 is 2.33 bits per heavy atom. The highest BCUT2D eigenvalue weighted by Crippen LogP contribution is 2.15. The molecule has 0 atom stereocenters. The molecule has 1 aromatic rings. The summed E-state index contributed by atoms with van der Waals surface area (Å²) in [5.74, 6) is 0.219. The van der Waals surface area contributed by atoms with E-state index in [1.807, 2.05) is 48.2 Å². The van der Waals surface area contributed by atoms with E-state index in [-0.39, 0.29) is 17.9 Å². The van der Waals surface area contributed by atoms with Crippen LogP contribution in [0.2, 0.25) is 0 Å². The van der Waals surface area contributed by atoms with E-state index in [0.29, 0.717) is 12.0 Å².